The molecule has 0 fully saturated rings. The Hall–Kier alpha value is -3.22. The minimum absolute atomic E-state index is 0.0618. The summed E-state index contributed by atoms with van der Waals surface area (Å²) in [4.78, 5) is 15.9. The third-order valence-electron chi connectivity index (χ3n) is 3.27. The van der Waals surface area contributed by atoms with E-state index < -0.39 is 0 Å². The summed E-state index contributed by atoms with van der Waals surface area (Å²) in [5, 5.41) is 20.1. The van der Waals surface area contributed by atoms with E-state index in [2.05, 4.69) is 20.5 Å². The first kappa shape index (κ1) is 14.7. The van der Waals surface area contributed by atoms with Crippen LogP contribution in [0.4, 0.5) is 5.82 Å². The van der Waals surface area contributed by atoms with E-state index in [4.69, 9.17) is 0 Å². The number of hydrogen-bond acceptors (Lipinski definition) is 5. The van der Waals surface area contributed by atoms with Crippen molar-refractivity contribution in [1.82, 2.24) is 19.7 Å². The van der Waals surface area contributed by atoms with Gasteiger partial charge in [-0.1, -0.05) is 18.2 Å². The summed E-state index contributed by atoms with van der Waals surface area (Å²) in [6.45, 7) is 0. The highest BCUT2D eigenvalue weighted by molar-refractivity contribution is 5.91. The molecule has 1 aromatic carbocycles. The van der Waals surface area contributed by atoms with Crippen LogP contribution in [0.2, 0.25) is 0 Å². The first-order valence-electron chi connectivity index (χ1n) is 7.12. The maximum atomic E-state index is 12.0. The Kier molecular flexibility index (Phi) is 4.28. The van der Waals surface area contributed by atoms with Crippen molar-refractivity contribution < 1.29 is 9.90 Å². The molecule has 3 aromatic rings. The first-order chi connectivity index (χ1) is 11.2. The van der Waals surface area contributed by atoms with Gasteiger partial charge in [0.15, 0.2) is 11.6 Å². The third-order valence-corrected chi connectivity index (χ3v) is 3.27. The standard InChI is InChI=1S/C16H15N5O2/c22-13-7-4-10-17-16(13)19-15(23)9-8-14-20-18-11-21(14)12-5-2-1-3-6-12/h1-7,10-11,22H,8-9H2,(H,17,19,23). The number of benzene rings is 1. The fourth-order valence-corrected chi connectivity index (χ4v) is 2.15. The van der Waals surface area contributed by atoms with E-state index in [9.17, 15) is 9.90 Å². The number of carbonyl (C=O) groups excluding carboxylic acids is 1. The normalized spacial score (nSPS) is 10.4. The maximum Gasteiger partial charge on any atom is 0.226 e. The fraction of sp³-hybridized carbons (Fsp3) is 0.125. The average molecular weight is 309 g/mol. The van der Waals surface area contributed by atoms with E-state index in [0.29, 0.717) is 12.2 Å². The van der Waals surface area contributed by atoms with Gasteiger partial charge in [0.1, 0.15) is 12.2 Å². The Labute approximate surface area is 132 Å². The Morgan fingerprint density at radius 3 is 2.78 bits per heavy atom. The maximum absolute atomic E-state index is 12.0. The molecule has 7 nitrogen and oxygen atoms in total. The van der Waals surface area contributed by atoms with Gasteiger partial charge in [0.25, 0.3) is 0 Å². The molecule has 0 radical (unpaired) electrons. The van der Waals surface area contributed by atoms with Crippen molar-refractivity contribution in [3.63, 3.8) is 0 Å². The summed E-state index contributed by atoms with van der Waals surface area (Å²) in [6, 6.07) is 12.7. The number of rotatable bonds is 5. The zero-order chi connectivity index (χ0) is 16.1. The minimum atomic E-state index is -0.249. The lowest BCUT2D eigenvalue weighted by Gasteiger charge is -2.07. The summed E-state index contributed by atoms with van der Waals surface area (Å²) in [6.07, 6.45) is 3.75. The molecule has 0 aliphatic rings. The predicted octanol–water partition coefficient (Wildman–Crippen LogP) is 1.94. The van der Waals surface area contributed by atoms with Gasteiger partial charge in [-0.15, -0.1) is 10.2 Å². The lowest BCUT2D eigenvalue weighted by molar-refractivity contribution is -0.116. The molecule has 0 saturated heterocycles. The van der Waals surface area contributed by atoms with E-state index in [1.54, 1.807) is 12.4 Å². The van der Waals surface area contributed by atoms with Crippen LogP contribution in [-0.4, -0.2) is 30.8 Å². The van der Waals surface area contributed by atoms with Crippen LogP contribution in [0.3, 0.4) is 0 Å². The number of anilines is 1. The van der Waals surface area contributed by atoms with Gasteiger partial charge < -0.3 is 10.4 Å². The molecular weight excluding hydrogens is 294 g/mol. The second-order valence-electron chi connectivity index (χ2n) is 4.87. The number of aromatic hydroxyl groups is 1. The highest BCUT2D eigenvalue weighted by Gasteiger charge is 2.11. The van der Waals surface area contributed by atoms with Crippen LogP contribution < -0.4 is 5.32 Å². The van der Waals surface area contributed by atoms with Crippen LogP contribution in [0.5, 0.6) is 5.75 Å². The van der Waals surface area contributed by atoms with Crippen LogP contribution in [0.1, 0.15) is 12.2 Å². The van der Waals surface area contributed by atoms with E-state index >= 15 is 0 Å². The summed E-state index contributed by atoms with van der Waals surface area (Å²) in [5.41, 5.74) is 0.940. The molecule has 2 heterocycles. The van der Waals surface area contributed by atoms with Crippen LogP contribution in [-0.2, 0) is 11.2 Å². The molecule has 3 rings (SSSR count). The molecule has 0 aliphatic heterocycles. The van der Waals surface area contributed by atoms with Gasteiger partial charge in [0, 0.05) is 24.7 Å². The monoisotopic (exact) mass is 309 g/mol. The summed E-state index contributed by atoms with van der Waals surface area (Å²) in [7, 11) is 0. The lowest BCUT2D eigenvalue weighted by atomic mass is 10.2. The molecule has 23 heavy (non-hydrogen) atoms. The van der Waals surface area contributed by atoms with Crippen molar-refractivity contribution in [2.45, 2.75) is 12.8 Å². The number of nitrogens with zero attached hydrogens (tertiary/aromatic N) is 4. The molecule has 0 bridgehead atoms. The van der Waals surface area contributed by atoms with Gasteiger partial charge in [-0.2, -0.15) is 0 Å². The molecular formula is C16H15N5O2. The molecule has 0 spiro atoms. The Bertz CT molecular complexity index is 801. The molecule has 116 valence electrons. The van der Waals surface area contributed by atoms with E-state index in [-0.39, 0.29) is 23.9 Å². The molecule has 1 amide bonds. The zero-order valence-corrected chi connectivity index (χ0v) is 12.3. The van der Waals surface area contributed by atoms with Crippen molar-refractivity contribution in [3.8, 4) is 11.4 Å². The number of aryl methyl sites for hydroxylation is 1. The summed E-state index contributed by atoms with van der Waals surface area (Å²) >= 11 is 0. The van der Waals surface area contributed by atoms with E-state index in [1.807, 2.05) is 34.9 Å². The van der Waals surface area contributed by atoms with Crippen molar-refractivity contribution in [3.05, 3.63) is 60.8 Å². The minimum Gasteiger partial charge on any atom is -0.504 e. The molecule has 2 N–H and O–H groups in total. The number of para-hydroxylation sites is 1. The van der Waals surface area contributed by atoms with Crippen molar-refractivity contribution in [2.24, 2.45) is 0 Å². The molecule has 0 unspecified atom stereocenters. The Balaban J connectivity index is 1.64. The molecule has 0 atom stereocenters. The second kappa shape index (κ2) is 6.69. The number of pyridine rings is 1. The molecule has 0 saturated carbocycles. The number of carbonyl (C=O) groups is 1. The SMILES string of the molecule is O=C(CCc1nncn1-c1ccccc1)Nc1ncccc1O. The predicted molar refractivity (Wildman–Crippen MR) is 84.2 cm³/mol. The highest BCUT2D eigenvalue weighted by Crippen LogP contribution is 2.18. The molecule has 7 heteroatoms. The summed E-state index contributed by atoms with van der Waals surface area (Å²) in [5.74, 6) is 0.536. The summed E-state index contributed by atoms with van der Waals surface area (Å²) < 4.78 is 1.84. The molecule has 0 aliphatic carbocycles. The van der Waals surface area contributed by atoms with E-state index in [1.165, 1.54) is 12.3 Å². The molecule has 2 aromatic heterocycles. The van der Waals surface area contributed by atoms with Gasteiger partial charge >= 0.3 is 0 Å². The fourth-order valence-electron chi connectivity index (χ4n) is 2.15. The quantitative estimate of drug-likeness (QED) is 0.751. The van der Waals surface area contributed by atoms with Crippen molar-refractivity contribution >= 4 is 11.7 Å². The van der Waals surface area contributed by atoms with Crippen LogP contribution >= 0.6 is 0 Å². The third kappa shape index (κ3) is 3.52. The number of hydrogen-bond donors (Lipinski definition) is 2. The smallest absolute Gasteiger partial charge is 0.226 e. The van der Waals surface area contributed by atoms with Gasteiger partial charge in [-0.25, -0.2) is 4.98 Å². The zero-order valence-electron chi connectivity index (χ0n) is 12.3. The Morgan fingerprint density at radius 1 is 1.17 bits per heavy atom. The van der Waals surface area contributed by atoms with Gasteiger partial charge in [-0.3, -0.25) is 9.36 Å². The van der Waals surface area contributed by atoms with Crippen LogP contribution in [0, 0.1) is 0 Å². The number of nitrogens with one attached hydrogen (secondary N) is 1. The second-order valence-corrected chi connectivity index (χ2v) is 4.87. The van der Waals surface area contributed by atoms with Crippen molar-refractivity contribution in [2.75, 3.05) is 5.32 Å². The van der Waals surface area contributed by atoms with Crippen LogP contribution in [0.25, 0.3) is 5.69 Å². The lowest BCUT2D eigenvalue weighted by Crippen LogP contribution is -2.14. The first-order valence-corrected chi connectivity index (χ1v) is 7.12. The number of aromatic nitrogens is 4. The number of amides is 1. The Morgan fingerprint density at radius 2 is 2.00 bits per heavy atom. The van der Waals surface area contributed by atoms with E-state index in [0.717, 1.165) is 5.69 Å². The van der Waals surface area contributed by atoms with Gasteiger partial charge in [0.2, 0.25) is 5.91 Å². The van der Waals surface area contributed by atoms with Crippen molar-refractivity contribution in [1.29, 1.82) is 0 Å². The topological polar surface area (TPSA) is 92.9 Å². The van der Waals surface area contributed by atoms with Crippen LogP contribution in [0.15, 0.2) is 55.0 Å². The highest BCUT2D eigenvalue weighted by atomic mass is 16.3. The average Bonchev–Trinajstić information content (AvgIpc) is 3.04. The largest absolute Gasteiger partial charge is 0.504 e. The van der Waals surface area contributed by atoms with Gasteiger partial charge in [0.05, 0.1) is 0 Å². The van der Waals surface area contributed by atoms with Gasteiger partial charge in [-0.05, 0) is 24.3 Å².